The quantitative estimate of drug-likeness (QED) is 0.285. The Kier molecular flexibility index (Phi) is 14.1. The van der Waals surface area contributed by atoms with Gasteiger partial charge in [-0.05, 0) is 55.1 Å². The molecule has 24 heavy (non-hydrogen) atoms. The molecule has 0 atom stereocenters. The first kappa shape index (κ1) is 21.4. The van der Waals surface area contributed by atoms with Crippen molar-refractivity contribution >= 4 is 28.6 Å². The van der Waals surface area contributed by atoms with Crippen LogP contribution in [-0.4, -0.2) is 43.4 Å². The number of halogens is 1. The molecule has 3 rings (SSSR count). The monoisotopic (exact) mass is 448 g/mol. The van der Waals surface area contributed by atoms with Crippen molar-refractivity contribution in [3.63, 3.8) is 0 Å². The third-order valence-corrected chi connectivity index (χ3v) is 4.19. The molecule has 0 aromatic heterocycles. The first-order valence-electron chi connectivity index (χ1n) is 8.78. The normalized spacial score (nSPS) is 15.7. The third kappa shape index (κ3) is 11.8. The van der Waals surface area contributed by atoms with Crippen LogP contribution in [0.3, 0.4) is 0 Å². The van der Waals surface area contributed by atoms with Crippen molar-refractivity contribution in [2.45, 2.75) is 38.5 Å². The molecule has 0 spiro atoms. The van der Waals surface area contributed by atoms with E-state index in [9.17, 15) is 4.79 Å². The molecule has 2 aliphatic heterocycles. The van der Waals surface area contributed by atoms with Crippen LogP contribution in [0.2, 0.25) is 0 Å². The van der Waals surface area contributed by atoms with Gasteiger partial charge in [-0.15, -0.1) is 0 Å². The summed E-state index contributed by atoms with van der Waals surface area (Å²) in [6, 6.07) is 9.08. The van der Waals surface area contributed by atoms with Crippen LogP contribution < -0.4 is 0 Å². The maximum absolute atomic E-state index is 11.4. The number of hydrogen-bond donors (Lipinski definition) is 0. The Balaban J connectivity index is 0.000000231. The van der Waals surface area contributed by atoms with Gasteiger partial charge >= 0.3 is 5.97 Å². The highest BCUT2D eigenvalue weighted by atomic mass is 127. The van der Waals surface area contributed by atoms with E-state index in [1.54, 1.807) is 12.1 Å². The van der Waals surface area contributed by atoms with E-state index in [1.807, 2.05) is 18.2 Å². The molecule has 2 fully saturated rings. The fourth-order valence-electron chi connectivity index (χ4n) is 2.04. The minimum Gasteiger partial charge on any atom is -0.462 e. The SMILES string of the molecule is C1CCOC1.C1CCOC1.O=C(OCCCCI)c1ccccc1. The van der Waals surface area contributed by atoms with Crippen LogP contribution in [0.15, 0.2) is 30.3 Å². The average molecular weight is 448 g/mol. The summed E-state index contributed by atoms with van der Waals surface area (Å²) in [5.41, 5.74) is 0.627. The number of benzene rings is 1. The fraction of sp³-hybridized carbons (Fsp3) is 0.632. The molecule has 0 saturated carbocycles. The molecule has 0 unspecified atom stereocenters. The Labute approximate surface area is 159 Å². The van der Waals surface area contributed by atoms with Crippen molar-refractivity contribution in [2.24, 2.45) is 0 Å². The fourth-order valence-corrected chi connectivity index (χ4v) is 2.58. The topological polar surface area (TPSA) is 44.8 Å². The molecule has 0 N–H and O–H groups in total. The Morgan fingerprint density at radius 1 is 0.917 bits per heavy atom. The summed E-state index contributed by atoms with van der Waals surface area (Å²) in [6.07, 6.45) is 7.16. The van der Waals surface area contributed by atoms with Crippen LogP contribution in [0.4, 0.5) is 0 Å². The zero-order valence-corrected chi connectivity index (χ0v) is 16.5. The molecule has 0 bridgehead atoms. The van der Waals surface area contributed by atoms with E-state index in [0.29, 0.717) is 12.2 Å². The van der Waals surface area contributed by atoms with Crippen LogP contribution >= 0.6 is 22.6 Å². The average Bonchev–Trinajstić information content (AvgIpc) is 3.38. The van der Waals surface area contributed by atoms with Gasteiger partial charge in [0.05, 0.1) is 12.2 Å². The van der Waals surface area contributed by atoms with Gasteiger partial charge in [0, 0.05) is 26.4 Å². The predicted octanol–water partition coefficient (Wildman–Crippen LogP) is 4.65. The van der Waals surface area contributed by atoms with E-state index in [1.165, 1.54) is 25.7 Å². The lowest BCUT2D eigenvalue weighted by Crippen LogP contribution is -2.06. The number of alkyl halides is 1. The van der Waals surface area contributed by atoms with Crippen molar-refractivity contribution < 1.29 is 19.0 Å². The van der Waals surface area contributed by atoms with Gasteiger partial charge in [0.1, 0.15) is 0 Å². The van der Waals surface area contributed by atoms with E-state index in [4.69, 9.17) is 14.2 Å². The van der Waals surface area contributed by atoms with Gasteiger partial charge in [0.25, 0.3) is 0 Å². The molecule has 1 aromatic rings. The first-order valence-corrected chi connectivity index (χ1v) is 10.3. The molecule has 0 aliphatic carbocycles. The number of unbranched alkanes of at least 4 members (excludes halogenated alkanes) is 1. The molecule has 0 radical (unpaired) electrons. The minimum atomic E-state index is -0.223. The zero-order chi connectivity index (χ0) is 17.3. The number of carbonyl (C=O) groups is 1. The molecule has 4 nitrogen and oxygen atoms in total. The highest BCUT2D eigenvalue weighted by molar-refractivity contribution is 14.1. The molecule has 5 heteroatoms. The number of carbonyl (C=O) groups excluding carboxylic acids is 1. The lowest BCUT2D eigenvalue weighted by atomic mass is 10.2. The largest absolute Gasteiger partial charge is 0.462 e. The van der Waals surface area contributed by atoms with Crippen LogP contribution in [0.25, 0.3) is 0 Å². The van der Waals surface area contributed by atoms with Gasteiger partial charge in [-0.25, -0.2) is 4.79 Å². The van der Waals surface area contributed by atoms with Gasteiger partial charge in [0.2, 0.25) is 0 Å². The molecule has 2 saturated heterocycles. The van der Waals surface area contributed by atoms with E-state index in [0.717, 1.165) is 43.7 Å². The molecular formula is C19H29IO4. The maximum atomic E-state index is 11.4. The highest BCUT2D eigenvalue weighted by Crippen LogP contribution is 2.02. The van der Waals surface area contributed by atoms with Crippen LogP contribution in [0.1, 0.15) is 48.9 Å². The summed E-state index contributed by atoms with van der Waals surface area (Å²) in [5.74, 6) is -0.223. The van der Waals surface area contributed by atoms with E-state index in [2.05, 4.69) is 22.6 Å². The van der Waals surface area contributed by atoms with E-state index in [-0.39, 0.29) is 5.97 Å². The van der Waals surface area contributed by atoms with E-state index < -0.39 is 0 Å². The second kappa shape index (κ2) is 15.8. The summed E-state index contributed by atoms with van der Waals surface area (Å²) < 4.78 is 16.1. The van der Waals surface area contributed by atoms with Gasteiger partial charge in [-0.3, -0.25) is 0 Å². The van der Waals surface area contributed by atoms with Gasteiger partial charge in [0.15, 0.2) is 0 Å². The van der Waals surface area contributed by atoms with Gasteiger partial charge in [-0.1, -0.05) is 40.8 Å². The molecule has 1 aromatic carbocycles. The first-order chi connectivity index (χ1) is 11.8. The van der Waals surface area contributed by atoms with Gasteiger partial charge in [-0.2, -0.15) is 0 Å². The Morgan fingerprint density at radius 3 is 1.88 bits per heavy atom. The van der Waals surface area contributed by atoms with Crippen molar-refractivity contribution in [2.75, 3.05) is 37.5 Å². The lowest BCUT2D eigenvalue weighted by Gasteiger charge is -2.03. The lowest BCUT2D eigenvalue weighted by molar-refractivity contribution is 0.0500. The second-order valence-corrected chi connectivity index (χ2v) is 6.62. The smallest absolute Gasteiger partial charge is 0.338 e. The Bertz CT molecular complexity index is 378. The Hall–Kier alpha value is -0.660. The summed E-state index contributed by atoms with van der Waals surface area (Å²) in [6.45, 7) is 4.52. The molecule has 136 valence electrons. The van der Waals surface area contributed by atoms with Gasteiger partial charge < -0.3 is 14.2 Å². The number of rotatable bonds is 5. The predicted molar refractivity (Wildman–Crippen MR) is 105 cm³/mol. The Morgan fingerprint density at radius 2 is 1.46 bits per heavy atom. The summed E-state index contributed by atoms with van der Waals surface area (Å²) in [5, 5.41) is 0. The van der Waals surface area contributed by atoms with Crippen LogP contribution in [0.5, 0.6) is 0 Å². The van der Waals surface area contributed by atoms with Crippen molar-refractivity contribution in [3.05, 3.63) is 35.9 Å². The van der Waals surface area contributed by atoms with Crippen molar-refractivity contribution in [3.8, 4) is 0 Å². The summed E-state index contributed by atoms with van der Waals surface area (Å²) in [4.78, 5) is 11.4. The molecule has 2 heterocycles. The number of hydrogen-bond acceptors (Lipinski definition) is 4. The highest BCUT2D eigenvalue weighted by Gasteiger charge is 2.04. The van der Waals surface area contributed by atoms with Crippen molar-refractivity contribution in [1.29, 1.82) is 0 Å². The summed E-state index contributed by atoms with van der Waals surface area (Å²) >= 11 is 2.32. The minimum absolute atomic E-state index is 0.223. The second-order valence-electron chi connectivity index (χ2n) is 5.54. The van der Waals surface area contributed by atoms with Crippen molar-refractivity contribution in [1.82, 2.24) is 0 Å². The molecular weight excluding hydrogens is 419 g/mol. The standard InChI is InChI=1S/C11H13IO2.2C4H8O/c12-8-4-5-9-14-11(13)10-6-2-1-3-7-10;2*1-2-4-5-3-1/h1-3,6-7H,4-5,8-9H2;2*1-4H2. The third-order valence-electron chi connectivity index (χ3n) is 3.43. The summed E-state index contributed by atoms with van der Waals surface area (Å²) in [7, 11) is 0. The maximum Gasteiger partial charge on any atom is 0.338 e. The van der Waals surface area contributed by atoms with Crippen LogP contribution in [-0.2, 0) is 14.2 Å². The number of ether oxygens (including phenoxy) is 3. The molecule has 0 amide bonds. The zero-order valence-electron chi connectivity index (χ0n) is 14.4. The van der Waals surface area contributed by atoms with Crippen LogP contribution in [0, 0.1) is 0 Å². The number of esters is 1. The van der Waals surface area contributed by atoms with E-state index >= 15 is 0 Å². The molecule has 2 aliphatic rings.